The van der Waals surface area contributed by atoms with Gasteiger partial charge in [-0.2, -0.15) is 0 Å². The summed E-state index contributed by atoms with van der Waals surface area (Å²) < 4.78 is 0. The third kappa shape index (κ3) is 5.21. The van der Waals surface area contributed by atoms with E-state index in [0.29, 0.717) is 35.5 Å². The summed E-state index contributed by atoms with van der Waals surface area (Å²) in [4.78, 5) is 28.5. The number of aliphatic hydroxyl groups excluding tert-OH is 1. The van der Waals surface area contributed by atoms with E-state index in [1.54, 1.807) is 30.3 Å². The Labute approximate surface area is 167 Å². The number of amides is 2. The second-order valence-corrected chi connectivity index (χ2v) is 7.33. The van der Waals surface area contributed by atoms with E-state index in [-0.39, 0.29) is 36.1 Å². The maximum absolute atomic E-state index is 12.3. The highest BCUT2D eigenvalue weighted by atomic mass is 35.5. The molecule has 1 aromatic heterocycles. The third-order valence-corrected chi connectivity index (χ3v) is 5.02. The molecule has 2 aromatic rings. The summed E-state index contributed by atoms with van der Waals surface area (Å²) in [5.41, 5.74) is 0.744. The van der Waals surface area contributed by atoms with Gasteiger partial charge in [-0.3, -0.25) is 14.6 Å². The van der Waals surface area contributed by atoms with E-state index in [4.69, 9.17) is 11.6 Å². The first-order chi connectivity index (χ1) is 13.4. The van der Waals surface area contributed by atoms with Crippen molar-refractivity contribution in [2.45, 2.75) is 43.9 Å². The number of aromatic nitrogens is 1. The van der Waals surface area contributed by atoms with Gasteiger partial charge in [-0.05, 0) is 49.6 Å². The number of benzene rings is 1. The largest absolute Gasteiger partial charge is 0.508 e. The lowest BCUT2D eigenvalue weighted by atomic mass is 9.88. The first-order valence-electron chi connectivity index (χ1n) is 9.09. The highest BCUT2D eigenvalue weighted by Gasteiger charge is 2.31. The van der Waals surface area contributed by atoms with Crippen LogP contribution in [-0.4, -0.2) is 45.2 Å². The Morgan fingerprint density at radius 1 is 1.18 bits per heavy atom. The Morgan fingerprint density at radius 3 is 2.71 bits per heavy atom. The molecule has 0 bridgehead atoms. The maximum Gasteiger partial charge on any atom is 0.270 e. The van der Waals surface area contributed by atoms with Gasteiger partial charge < -0.3 is 20.8 Å². The van der Waals surface area contributed by atoms with Crippen LogP contribution in [0.1, 0.15) is 35.3 Å². The zero-order valence-electron chi connectivity index (χ0n) is 15.1. The normalized spacial score (nSPS) is 21.7. The van der Waals surface area contributed by atoms with Gasteiger partial charge >= 0.3 is 0 Å². The number of carbonyl (C=O) groups is 2. The number of hydrogen-bond acceptors (Lipinski definition) is 5. The van der Waals surface area contributed by atoms with Crippen LogP contribution in [-0.2, 0) is 11.2 Å². The molecule has 0 radical (unpaired) electrons. The Bertz CT molecular complexity index is 847. The third-order valence-electron chi connectivity index (χ3n) is 4.79. The molecular weight excluding hydrogens is 382 g/mol. The number of aliphatic hydroxyl groups is 1. The van der Waals surface area contributed by atoms with Crippen LogP contribution in [0.25, 0.3) is 0 Å². The number of rotatable bonds is 5. The molecule has 4 N–H and O–H groups in total. The minimum absolute atomic E-state index is 0.00116. The van der Waals surface area contributed by atoms with E-state index in [0.717, 1.165) is 0 Å². The smallest absolute Gasteiger partial charge is 0.270 e. The van der Waals surface area contributed by atoms with Crippen LogP contribution in [0.5, 0.6) is 5.75 Å². The average Bonchev–Trinajstić information content (AvgIpc) is 2.67. The molecule has 7 nitrogen and oxygen atoms in total. The van der Waals surface area contributed by atoms with Gasteiger partial charge in [-0.25, -0.2) is 0 Å². The van der Waals surface area contributed by atoms with E-state index in [9.17, 15) is 19.8 Å². The van der Waals surface area contributed by atoms with Crippen molar-refractivity contribution in [2.75, 3.05) is 0 Å². The Kier molecular flexibility index (Phi) is 6.49. The van der Waals surface area contributed by atoms with E-state index in [2.05, 4.69) is 15.6 Å². The molecule has 0 saturated heterocycles. The first-order valence-corrected chi connectivity index (χ1v) is 9.47. The van der Waals surface area contributed by atoms with Crippen molar-refractivity contribution in [3.05, 3.63) is 58.9 Å². The highest BCUT2D eigenvalue weighted by molar-refractivity contribution is 6.30. The van der Waals surface area contributed by atoms with Gasteiger partial charge in [0.15, 0.2) is 0 Å². The Balaban J connectivity index is 1.50. The van der Waals surface area contributed by atoms with Crippen LogP contribution < -0.4 is 10.6 Å². The number of phenolic OH excluding ortho intramolecular Hbond substituents is 1. The SMILES string of the molecule is O=C(Cc1cc(Cl)ccc1O)NC1CC[C@H](NC(=O)c2ccccn2)[C@@H](O)C1. The van der Waals surface area contributed by atoms with Crippen LogP contribution in [0.15, 0.2) is 42.6 Å². The molecule has 1 heterocycles. The number of halogens is 1. The lowest BCUT2D eigenvalue weighted by Gasteiger charge is -2.34. The molecule has 1 aliphatic rings. The second-order valence-electron chi connectivity index (χ2n) is 6.89. The molecule has 0 aliphatic heterocycles. The summed E-state index contributed by atoms with van der Waals surface area (Å²) >= 11 is 5.90. The maximum atomic E-state index is 12.3. The zero-order chi connectivity index (χ0) is 20.1. The second kappa shape index (κ2) is 9.03. The zero-order valence-corrected chi connectivity index (χ0v) is 15.9. The Morgan fingerprint density at radius 2 is 2.00 bits per heavy atom. The van der Waals surface area contributed by atoms with E-state index >= 15 is 0 Å². The van der Waals surface area contributed by atoms with Crippen molar-refractivity contribution in [2.24, 2.45) is 0 Å². The van der Waals surface area contributed by atoms with Gasteiger partial charge in [0, 0.05) is 22.8 Å². The van der Waals surface area contributed by atoms with Crippen LogP contribution >= 0.6 is 11.6 Å². The molecule has 148 valence electrons. The molecule has 3 rings (SSSR count). The predicted octanol–water partition coefficient (Wildman–Crippen LogP) is 1.81. The summed E-state index contributed by atoms with van der Waals surface area (Å²) in [6.07, 6.45) is 2.26. The summed E-state index contributed by atoms with van der Waals surface area (Å²) in [6, 6.07) is 9.02. The molecule has 28 heavy (non-hydrogen) atoms. The number of aromatic hydroxyl groups is 1. The van der Waals surface area contributed by atoms with Gasteiger partial charge in [-0.15, -0.1) is 0 Å². The molecule has 3 atom stereocenters. The lowest BCUT2D eigenvalue weighted by Crippen LogP contribution is -2.51. The summed E-state index contributed by atoms with van der Waals surface area (Å²) in [5.74, 6) is -0.574. The molecule has 1 saturated carbocycles. The van der Waals surface area contributed by atoms with Crippen LogP contribution in [0.2, 0.25) is 5.02 Å². The van der Waals surface area contributed by atoms with Crippen molar-refractivity contribution < 1.29 is 19.8 Å². The van der Waals surface area contributed by atoms with Crippen LogP contribution in [0.3, 0.4) is 0 Å². The summed E-state index contributed by atoms with van der Waals surface area (Å²) in [5, 5.41) is 26.3. The minimum Gasteiger partial charge on any atom is -0.508 e. The van der Waals surface area contributed by atoms with E-state index in [1.807, 2.05) is 0 Å². The average molecular weight is 404 g/mol. The first kappa shape index (κ1) is 20.1. The quantitative estimate of drug-likeness (QED) is 0.608. The summed E-state index contributed by atoms with van der Waals surface area (Å²) in [7, 11) is 0. The monoisotopic (exact) mass is 403 g/mol. The van der Waals surface area contributed by atoms with Gasteiger partial charge in [-0.1, -0.05) is 17.7 Å². The van der Waals surface area contributed by atoms with Gasteiger partial charge in [0.05, 0.1) is 18.6 Å². The molecule has 2 amide bonds. The Hall–Kier alpha value is -2.64. The number of nitrogens with zero attached hydrogens (tertiary/aromatic N) is 1. The van der Waals surface area contributed by atoms with Gasteiger partial charge in [0.1, 0.15) is 11.4 Å². The van der Waals surface area contributed by atoms with Crippen molar-refractivity contribution in [1.82, 2.24) is 15.6 Å². The van der Waals surface area contributed by atoms with Crippen molar-refractivity contribution in [1.29, 1.82) is 0 Å². The fourth-order valence-corrected chi connectivity index (χ4v) is 3.53. The number of carbonyl (C=O) groups excluding carboxylic acids is 2. The number of phenols is 1. The number of nitrogens with one attached hydrogen (secondary N) is 2. The molecule has 1 unspecified atom stereocenters. The molecule has 8 heteroatoms. The number of hydrogen-bond donors (Lipinski definition) is 4. The molecule has 1 aromatic carbocycles. The minimum atomic E-state index is -0.772. The standard InChI is InChI=1S/C20H22ClN3O4/c21-13-4-7-17(25)12(9-13)10-19(27)23-14-5-6-15(18(26)11-14)24-20(28)16-3-1-2-8-22-16/h1-4,7-9,14-15,18,25-26H,5-6,10-11H2,(H,23,27)(H,24,28)/t14?,15-,18-/m0/s1. The van der Waals surface area contributed by atoms with E-state index < -0.39 is 6.10 Å². The fourth-order valence-electron chi connectivity index (χ4n) is 3.33. The van der Waals surface area contributed by atoms with Gasteiger partial charge in [0.25, 0.3) is 5.91 Å². The van der Waals surface area contributed by atoms with Gasteiger partial charge in [0.2, 0.25) is 5.91 Å². The molecule has 0 spiro atoms. The van der Waals surface area contributed by atoms with Crippen molar-refractivity contribution in [3.8, 4) is 5.75 Å². The molecule has 1 aliphatic carbocycles. The molecule has 1 fully saturated rings. The number of pyridine rings is 1. The van der Waals surface area contributed by atoms with Crippen LogP contribution in [0, 0.1) is 0 Å². The lowest BCUT2D eigenvalue weighted by molar-refractivity contribution is -0.121. The summed E-state index contributed by atoms with van der Waals surface area (Å²) in [6.45, 7) is 0. The highest BCUT2D eigenvalue weighted by Crippen LogP contribution is 2.23. The fraction of sp³-hybridized carbons (Fsp3) is 0.350. The topological polar surface area (TPSA) is 112 Å². The van der Waals surface area contributed by atoms with Crippen molar-refractivity contribution >= 4 is 23.4 Å². The van der Waals surface area contributed by atoms with Crippen molar-refractivity contribution in [3.63, 3.8) is 0 Å². The molecular formula is C20H22ClN3O4. The van der Waals surface area contributed by atoms with Crippen LogP contribution in [0.4, 0.5) is 0 Å². The van der Waals surface area contributed by atoms with E-state index in [1.165, 1.54) is 12.3 Å². The predicted molar refractivity (Wildman–Crippen MR) is 104 cm³/mol.